The van der Waals surface area contributed by atoms with Gasteiger partial charge in [-0.3, -0.25) is 20.9 Å². The van der Waals surface area contributed by atoms with Gasteiger partial charge in [-0.25, -0.2) is 0 Å². The van der Waals surface area contributed by atoms with Crippen LogP contribution in [0.2, 0.25) is 5.02 Å². The standard InChI is InChI=1S/C12H10BrClN4O3/c13-10-3-7(14)4-11(18(19)20)12(10)21-6-9-5-8(17-15)1-2-16-9/h1-5H,6,15H2,(H,16,17). The highest BCUT2D eigenvalue weighted by molar-refractivity contribution is 9.10. The van der Waals surface area contributed by atoms with E-state index >= 15 is 0 Å². The number of nitrogens with two attached hydrogens (primary N) is 1. The number of aromatic nitrogens is 1. The quantitative estimate of drug-likeness (QED) is 0.473. The van der Waals surface area contributed by atoms with Crippen molar-refractivity contribution in [1.29, 1.82) is 0 Å². The van der Waals surface area contributed by atoms with E-state index in [1.54, 1.807) is 18.3 Å². The van der Waals surface area contributed by atoms with Crippen LogP contribution < -0.4 is 16.0 Å². The molecule has 2 rings (SSSR count). The molecule has 7 nitrogen and oxygen atoms in total. The summed E-state index contributed by atoms with van der Waals surface area (Å²) in [4.78, 5) is 14.6. The number of nitrogens with zero attached hydrogens (tertiary/aromatic N) is 2. The number of pyridine rings is 1. The smallest absolute Gasteiger partial charge is 0.313 e. The average Bonchev–Trinajstić information content (AvgIpc) is 2.45. The van der Waals surface area contributed by atoms with Crippen LogP contribution in [0.1, 0.15) is 5.69 Å². The number of anilines is 1. The molecule has 0 aliphatic carbocycles. The summed E-state index contributed by atoms with van der Waals surface area (Å²) in [6, 6.07) is 6.11. The Morgan fingerprint density at radius 1 is 1.48 bits per heavy atom. The molecule has 3 N–H and O–H groups in total. The van der Waals surface area contributed by atoms with Crippen molar-refractivity contribution in [2.45, 2.75) is 6.61 Å². The van der Waals surface area contributed by atoms with Gasteiger partial charge < -0.3 is 10.2 Å². The number of nitrogen functional groups attached to an aromatic ring is 1. The number of hydrazine groups is 1. The summed E-state index contributed by atoms with van der Waals surface area (Å²) >= 11 is 9.00. The number of hydrogen-bond acceptors (Lipinski definition) is 6. The van der Waals surface area contributed by atoms with Crippen molar-refractivity contribution in [3.05, 3.63) is 55.8 Å². The van der Waals surface area contributed by atoms with Gasteiger partial charge >= 0.3 is 5.69 Å². The average molecular weight is 374 g/mol. The van der Waals surface area contributed by atoms with Crippen LogP contribution in [-0.4, -0.2) is 9.91 Å². The zero-order valence-corrected chi connectivity index (χ0v) is 12.9. The number of ether oxygens (including phenoxy) is 1. The summed E-state index contributed by atoms with van der Waals surface area (Å²) in [6.07, 6.45) is 1.55. The van der Waals surface area contributed by atoms with E-state index in [9.17, 15) is 10.1 Å². The van der Waals surface area contributed by atoms with E-state index < -0.39 is 4.92 Å². The largest absolute Gasteiger partial charge is 0.480 e. The Morgan fingerprint density at radius 3 is 2.90 bits per heavy atom. The minimum Gasteiger partial charge on any atom is -0.480 e. The molecule has 0 saturated carbocycles. The minimum atomic E-state index is -0.558. The van der Waals surface area contributed by atoms with Gasteiger partial charge in [0.05, 0.1) is 20.8 Å². The lowest BCUT2D eigenvalue weighted by atomic mass is 10.3. The highest BCUT2D eigenvalue weighted by Gasteiger charge is 2.20. The predicted molar refractivity (Wildman–Crippen MR) is 82.2 cm³/mol. The first kappa shape index (κ1) is 15.5. The van der Waals surface area contributed by atoms with Gasteiger partial charge in [-0.05, 0) is 34.1 Å². The molecule has 9 heteroatoms. The predicted octanol–water partition coefficient (Wildman–Crippen LogP) is 3.27. The van der Waals surface area contributed by atoms with Crippen LogP contribution >= 0.6 is 27.5 Å². The minimum absolute atomic E-state index is 0.0522. The monoisotopic (exact) mass is 372 g/mol. The zero-order valence-electron chi connectivity index (χ0n) is 10.5. The lowest BCUT2D eigenvalue weighted by Gasteiger charge is -2.09. The van der Waals surface area contributed by atoms with E-state index in [1.807, 2.05) is 0 Å². The van der Waals surface area contributed by atoms with Gasteiger partial charge in [0.15, 0.2) is 0 Å². The van der Waals surface area contributed by atoms with Crippen LogP contribution in [0, 0.1) is 10.1 Å². The number of nitrogens with one attached hydrogen (secondary N) is 1. The van der Waals surface area contributed by atoms with Gasteiger partial charge in [0.25, 0.3) is 0 Å². The van der Waals surface area contributed by atoms with E-state index in [2.05, 4.69) is 26.3 Å². The maximum Gasteiger partial charge on any atom is 0.313 e. The van der Waals surface area contributed by atoms with Crippen molar-refractivity contribution >= 4 is 38.9 Å². The normalized spacial score (nSPS) is 10.2. The highest BCUT2D eigenvalue weighted by atomic mass is 79.9. The van der Waals surface area contributed by atoms with Crippen molar-refractivity contribution in [2.24, 2.45) is 5.84 Å². The van der Waals surface area contributed by atoms with Gasteiger partial charge in [-0.2, -0.15) is 0 Å². The molecule has 0 unspecified atom stereocenters. The Bertz CT molecular complexity index is 684. The molecule has 2 aromatic rings. The maximum atomic E-state index is 11.0. The number of nitro benzene ring substituents is 1. The molecule has 1 aromatic heterocycles. The molecule has 1 heterocycles. The molecule has 0 spiro atoms. The van der Waals surface area contributed by atoms with Crippen molar-refractivity contribution in [1.82, 2.24) is 4.98 Å². The van der Waals surface area contributed by atoms with Crippen molar-refractivity contribution < 1.29 is 9.66 Å². The summed E-state index contributed by atoms with van der Waals surface area (Å²) in [5, 5.41) is 11.3. The molecular weight excluding hydrogens is 364 g/mol. The first-order chi connectivity index (χ1) is 10.0. The van der Waals surface area contributed by atoms with Crippen molar-refractivity contribution in [2.75, 3.05) is 5.43 Å². The number of rotatable bonds is 5. The topological polar surface area (TPSA) is 103 Å². The molecule has 0 saturated heterocycles. The van der Waals surface area contributed by atoms with E-state index in [0.717, 1.165) is 0 Å². The molecule has 110 valence electrons. The van der Waals surface area contributed by atoms with Crippen LogP contribution in [-0.2, 0) is 6.61 Å². The van der Waals surface area contributed by atoms with Gasteiger partial charge in [-0.15, -0.1) is 0 Å². The molecule has 0 radical (unpaired) electrons. The Morgan fingerprint density at radius 2 is 2.24 bits per heavy atom. The molecule has 0 atom stereocenters. The number of halogens is 2. The lowest BCUT2D eigenvalue weighted by Crippen LogP contribution is -2.08. The fraction of sp³-hybridized carbons (Fsp3) is 0.0833. The molecule has 0 aliphatic rings. The summed E-state index contributed by atoms with van der Waals surface area (Å²) < 4.78 is 5.89. The van der Waals surface area contributed by atoms with Crippen LogP contribution in [0.15, 0.2) is 34.9 Å². The third kappa shape index (κ3) is 3.81. The second kappa shape index (κ2) is 6.70. The van der Waals surface area contributed by atoms with Gasteiger partial charge in [0.1, 0.15) is 6.61 Å². The first-order valence-electron chi connectivity index (χ1n) is 5.69. The molecule has 0 aliphatic heterocycles. The third-order valence-electron chi connectivity index (χ3n) is 2.53. The van der Waals surface area contributed by atoms with Gasteiger partial charge in [0, 0.05) is 17.3 Å². The summed E-state index contributed by atoms with van der Waals surface area (Å²) in [5.74, 6) is 5.40. The molecule has 0 fully saturated rings. The number of nitro groups is 1. The second-order valence-electron chi connectivity index (χ2n) is 3.96. The van der Waals surface area contributed by atoms with E-state index in [0.29, 0.717) is 15.9 Å². The molecular formula is C12H10BrClN4O3. The van der Waals surface area contributed by atoms with Gasteiger partial charge in [-0.1, -0.05) is 11.6 Å². The Hall–Kier alpha value is -1.90. The molecule has 0 bridgehead atoms. The van der Waals surface area contributed by atoms with Crippen LogP contribution in [0.4, 0.5) is 11.4 Å². The lowest BCUT2D eigenvalue weighted by molar-refractivity contribution is -0.386. The van der Waals surface area contributed by atoms with Crippen LogP contribution in [0.25, 0.3) is 0 Å². The summed E-state index contributed by atoms with van der Waals surface area (Å²) in [5.41, 5.74) is 3.49. The van der Waals surface area contributed by atoms with Crippen LogP contribution in [0.5, 0.6) is 5.75 Å². The number of benzene rings is 1. The first-order valence-corrected chi connectivity index (χ1v) is 6.86. The fourth-order valence-electron chi connectivity index (χ4n) is 1.62. The summed E-state index contributed by atoms with van der Waals surface area (Å²) in [6.45, 7) is 0.0522. The zero-order chi connectivity index (χ0) is 15.4. The van der Waals surface area contributed by atoms with E-state index in [4.69, 9.17) is 22.2 Å². The van der Waals surface area contributed by atoms with E-state index in [-0.39, 0.29) is 23.1 Å². The Labute approximate surface area is 133 Å². The Kier molecular flexibility index (Phi) is 4.94. The van der Waals surface area contributed by atoms with Gasteiger partial charge in [0.2, 0.25) is 5.75 Å². The maximum absolute atomic E-state index is 11.0. The third-order valence-corrected chi connectivity index (χ3v) is 3.34. The summed E-state index contributed by atoms with van der Waals surface area (Å²) in [7, 11) is 0. The van der Waals surface area contributed by atoms with Crippen LogP contribution in [0.3, 0.4) is 0 Å². The molecule has 21 heavy (non-hydrogen) atoms. The SMILES string of the molecule is NNc1ccnc(COc2c(Br)cc(Cl)cc2[N+](=O)[O-])c1. The Balaban J connectivity index is 2.25. The molecule has 0 amide bonds. The van der Waals surface area contributed by atoms with Crippen molar-refractivity contribution in [3.8, 4) is 5.75 Å². The number of hydrogen-bond donors (Lipinski definition) is 2. The highest BCUT2D eigenvalue weighted by Crippen LogP contribution is 2.38. The molecule has 1 aromatic carbocycles. The van der Waals surface area contributed by atoms with E-state index in [1.165, 1.54) is 12.1 Å². The van der Waals surface area contributed by atoms with Crippen molar-refractivity contribution in [3.63, 3.8) is 0 Å². The fourth-order valence-corrected chi connectivity index (χ4v) is 2.53. The second-order valence-corrected chi connectivity index (χ2v) is 5.25.